The first-order valence-electron chi connectivity index (χ1n) is 6.14. The second-order valence-corrected chi connectivity index (χ2v) is 4.50. The summed E-state index contributed by atoms with van der Waals surface area (Å²) in [5.74, 6) is -0.748. The number of carbonyl (C=O) groups excluding carboxylic acids is 2. The Morgan fingerprint density at radius 1 is 1.25 bits per heavy atom. The lowest BCUT2D eigenvalue weighted by Gasteiger charge is -2.11. The van der Waals surface area contributed by atoms with Gasteiger partial charge < -0.3 is 14.6 Å². The van der Waals surface area contributed by atoms with Crippen molar-refractivity contribution in [2.24, 2.45) is 7.05 Å². The molecule has 0 bridgehead atoms. The molecule has 1 aromatic carbocycles. The molecule has 1 N–H and O–H groups in total. The molecule has 0 saturated carbocycles. The molecule has 0 saturated heterocycles. The number of amides is 1. The van der Waals surface area contributed by atoms with Crippen LogP contribution in [-0.4, -0.2) is 23.6 Å². The third kappa shape index (κ3) is 2.71. The van der Waals surface area contributed by atoms with Crippen LogP contribution in [0.5, 0.6) is 0 Å². The number of aryl methyl sites for hydroxylation is 2. The molecule has 0 radical (unpaired) electrons. The van der Waals surface area contributed by atoms with E-state index in [9.17, 15) is 9.59 Å². The van der Waals surface area contributed by atoms with Crippen LogP contribution in [0.1, 0.15) is 26.4 Å². The van der Waals surface area contributed by atoms with Crippen LogP contribution in [0.25, 0.3) is 0 Å². The molecule has 0 unspecified atom stereocenters. The van der Waals surface area contributed by atoms with Crippen molar-refractivity contribution in [1.82, 2.24) is 4.57 Å². The van der Waals surface area contributed by atoms with Crippen LogP contribution in [0.4, 0.5) is 5.69 Å². The maximum Gasteiger partial charge on any atom is 0.339 e. The fourth-order valence-corrected chi connectivity index (χ4v) is 1.93. The van der Waals surface area contributed by atoms with Crippen molar-refractivity contribution in [2.75, 3.05) is 12.4 Å². The van der Waals surface area contributed by atoms with Crippen molar-refractivity contribution in [3.63, 3.8) is 0 Å². The Bertz CT molecular complexity index is 659. The van der Waals surface area contributed by atoms with Gasteiger partial charge in [0.25, 0.3) is 5.91 Å². The van der Waals surface area contributed by atoms with E-state index in [1.54, 1.807) is 42.1 Å². The standard InChI is InChI=1S/C15H16N2O3/c1-10-6-7-12(11(9-10)15(19)20-3)16-14(18)13-5-4-8-17(13)2/h4-9H,1-3H3,(H,16,18). The lowest BCUT2D eigenvalue weighted by Crippen LogP contribution is -2.18. The molecule has 1 amide bonds. The van der Waals surface area contributed by atoms with Gasteiger partial charge in [-0.2, -0.15) is 0 Å². The summed E-state index contributed by atoms with van der Waals surface area (Å²) in [5.41, 5.74) is 2.22. The van der Waals surface area contributed by atoms with Crippen LogP contribution in [0.2, 0.25) is 0 Å². The quantitative estimate of drug-likeness (QED) is 0.873. The van der Waals surface area contributed by atoms with Crippen molar-refractivity contribution in [3.05, 3.63) is 53.3 Å². The molecule has 5 nitrogen and oxygen atoms in total. The Morgan fingerprint density at radius 2 is 2.00 bits per heavy atom. The smallest absolute Gasteiger partial charge is 0.339 e. The SMILES string of the molecule is COC(=O)c1cc(C)ccc1NC(=O)c1cccn1C. The molecule has 20 heavy (non-hydrogen) atoms. The van der Waals surface area contributed by atoms with E-state index in [1.807, 2.05) is 13.0 Å². The van der Waals surface area contributed by atoms with Crippen molar-refractivity contribution < 1.29 is 14.3 Å². The largest absolute Gasteiger partial charge is 0.465 e. The Labute approximate surface area is 117 Å². The first kappa shape index (κ1) is 13.9. The van der Waals surface area contributed by atoms with Crippen LogP contribution in [0.15, 0.2) is 36.5 Å². The number of benzene rings is 1. The molecule has 0 spiro atoms. The van der Waals surface area contributed by atoms with Gasteiger partial charge in [-0.25, -0.2) is 4.79 Å². The summed E-state index contributed by atoms with van der Waals surface area (Å²) in [4.78, 5) is 23.9. The summed E-state index contributed by atoms with van der Waals surface area (Å²) in [6.45, 7) is 1.87. The van der Waals surface area contributed by atoms with Crippen molar-refractivity contribution in [1.29, 1.82) is 0 Å². The summed E-state index contributed by atoms with van der Waals surface area (Å²) in [7, 11) is 3.10. The molecule has 104 valence electrons. The highest BCUT2D eigenvalue weighted by Gasteiger charge is 2.16. The number of ether oxygens (including phenoxy) is 1. The summed E-state index contributed by atoms with van der Waals surface area (Å²) in [5, 5.41) is 2.74. The number of anilines is 1. The van der Waals surface area contributed by atoms with Crippen molar-refractivity contribution in [3.8, 4) is 0 Å². The Balaban J connectivity index is 2.32. The minimum atomic E-state index is -0.476. The van der Waals surface area contributed by atoms with Crippen molar-refractivity contribution in [2.45, 2.75) is 6.92 Å². The molecule has 0 fully saturated rings. The minimum absolute atomic E-state index is 0.272. The van der Waals surface area contributed by atoms with Gasteiger partial charge in [0, 0.05) is 13.2 Å². The van der Waals surface area contributed by atoms with E-state index >= 15 is 0 Å². The molecule has 1 heterocycles. The monoisotopic (exact) mass is 272 g/mol. The molecule has 0 aliphatic carbocycles. The summed E-state index contributed by atoms with van der Waals surface area (Å²) < 4.78 is 6.44. The van der Waals surface area contributed by atoms with Gasteiger partial charge in [-0.05, 0) is 31.2 Å². The average molecular weight is 272 g/mol. The maximum absolute atomic E-state index is 12.2. The van der Waals surface area contributed by atoms with E-state index in [-0.39, 0.29) is 5.91 Å². The van der Waals surface area contributed by atoms with Crippen LogP contribution in [-0.2, 0) is 11.8 Å². The molecule has 0 atom stereocenters. The highest BCUT2D eigenvalue weighted by Crippen LogP contribution is 2.19. The fraction of sp³-hybridized carbons (Fsp3) is 0.200. The number of esters is 1. The lowest BCUT2D eigenvalue weighted by atomic mass is 10.1. The summed E-state index contributed by atoms with van der Waals surface area (Å²) in [6.07, 6.45) is 1.78. The van der Waals surface area contributed by atoms with Crippen molar-refractivity contribution >= 4 is 17.6 Å². The van der Waals surface area contributed by atoms with Crippen LogP contribution in [0, 0.1) is 6.92 Å². The maximum atomic E-state index is 12.2. The first-order valence-corrected chi connectivity index (χ1v) is 6.14. The normalized spacial score (nSPS) is 10.2. The molecular formula is C15H16N2O3. The summed E-state index contributed by atoms with van der Waals surface area (Å²) in [6, 6.07) is 8.70. The number of carbonyl (C=O) groups is 2. The second kappa shape index (κ2) is 5.61. The van der Waals surface area contributed by atoms with Gasteiger partial charge in [-0.3, -0.25) is 4.79 Å². The van der Waals surface area contributed by atoms with Gasteiger partial charge in [0.2, 0.25) is 0 Å². The van der Waals surface area contributed by atoms with E-state index in [0.29, 0.717) is 16.9 Å². The highest BCUT2D eigenvalue weighted by atomic mass is 16.5. The number of nitrogens with zero attached hydrogens (tertiary/aromatic N) is 1. The van der Waals surface area contributed by atoms with Gasteiger partial charge in [0.05, 0.1) is 18.4 Å². The molecule has 0 aliphatic rings. The number of aromatic nitrogens is 1. The number of rotatable bonds is 3. The molecule has 0 aliphatic heterocycles. The highest BCUT2D eigenvalue weighted by molar-refractivity contribution is 6.07. The number of nitrogens with one attached hydrogen (secondary N) is 1. The lowest BCUT2D eigenvalue weighted by molar-refractivity contribution is 0.0602. The first-order chi connectivity index (χ1) is 9.52. The Morgan fingerprint density at radius 3 is 2.60 bits per heavy atom. The predicted molar refractivity (Wildman–Crippen MR) is 75.9 cm³/mol. The average Bonchev–Trinajstić information content (AvgIpc) is 2.86. The number of hydrogen-bond donors (Lipinski definition) is 1. The third-order valence-corrected chi connectivity index (χ3v) is 3.00. The van der Waals surface area contributed by atoms with E-state index in [2.05, 4.69) is 5.32 Å². The zero-order valence-corrected chi connectivity index (χ0v) is 11.6. The van der Waals surface area contributed by atoms with Gasteiger partial charge in [-0.1, -0.05) is 11.6 Å². The van der Waals surface area contributed by atoms with Crippen LogP contribution in [0.3, 0.4) is 0 Å². The zero-order chi connectivity index (χ0) is 14.7. The van der Waals surface area contributed by atoms with E-state index in [1.165, 1.54) is 7.11 Å². The third-order valence-electron chi connectivity index (χ3n) is 3.00. The van der Waals surface area contributed by atoms with Gasteiger partial charge >= 0.3 is 5.97 Å². The van der Waals surface area contributed by atoms with E-state index < -0.39 is 5.97 Å². The molecule has 5 heteroatoms. The number of hydrogen-bond acceptors (Lipinski definition) is 3. The van der Waals surface area contributed by atoms with E-state index in [0.717, 1.165) is 5.56 Å². The van der Waals surface area contributed by atoms with Gasteiger partial charge in [0.1, 0.15) is 5.69 Å². The molecule has 1 aromatic heterocycles. The minimum Gasteiger partial charge on any atom is -0.465 e. The number of methoxy groups -OCH3 is 1. The van der Waals surface area contributed by atoms with Crippen LogP contribution < -0.4 is 5.32 Å². The molecule has 2 aromatic rings. The zero-order valence-electron chi connectivity index (χ0n) is 11.6. The second-order valence-electron chi connectivity index (χ2n) is 4.50. The summed E-state index contributed by atoms with van der Waals surface area (Å²) >= 11 is 0. The fourth-order valence-electron chi connectivity index (χ4n) is 1.93. The van der Waals surface area contributed by atoms with E-state index in [4.69, 9.17) is 4.74 Å². The van der Waals surface area contributed by atoms with Crippen LogP contribution >= 0.6 is 0 Å². The Hall–Kier alpha value is -2.56. The van der Waals surface area contributed by atoms with Gasteiger partial charge in [0.15, 0.2) is 0 Å². The molecule has 2 rings (SSSR count). The van der Waals surface area contributed by atoms with Gasteiger partial charge in [-0.15, -0.1) is 0 Å². The molecular weight excluding hydrogens is 256 g/mol. The topological polar surface area (TPSA) is 60.3 Å². The predicted octanol–water partition coefficient (Wildman–Crippen LogP) is 2.37. The Kier molecular flexibility index (Phi) is 3.89.